The Morgan fingerprint density at radius 1 is 1.20 bits per heavy atom. The molecule has 3 fully saturated rings. The summed E-state index contributed by atoms with van der Waals surface area (Å²) in [5, 5.41) is 6.23. The van der Waals surface area contributed by atoms with Gasteiger partial charge in [-0.25, -0.2) is 0 Å². The van der Waals surface area contributed by atoms with Crippen molar-refractivity contribution in [1.29, 1.82) is 0 Å². The zero-order valence-electron chi connectivity index (χ0n) is 20.5. The van der Waals surface area contributed by atoms with Crippen molar-refractivity contribution in [2.75, 3.05) is 18.1 Å². The highest BCUT2D eigenvalue weighted by Crippen LogP contribution is 2.55. The second-order valence-corrected chi connectivity index (χ2v) is 11.0. The van der Waals surface area contributed by atoms with E-state index in [2.05, 4.69) is 17.6 Å². The first-order chi connectivity index (χ1) is 17.0. The maximum atomic E-state index is 13.8. The molecule has 0 aromatic heterocycles. The number of thioether (sulfide) groups is 1. The maximum Gasteiger partial charge on any atom is 0.246 e. The van der Waals surface area contributed by atoms with Gasteiger partial charge in [0.25, 0.3) is 0 Å². The first-order valence-electron chi connectivity index (χ1n) is 12.9. The number of anilines is 1. The fourth-order valence-corrected chi connectivity index (χ4v) is 6.75. The molecule has 8 heteroatoms. The highest BCUT2D eigenvalue weighted by molar-refractivity contribution is 7.98. The summed E-state index contributed by atoms with van der Waals surface area (Å²) < 4.78 is 6.40. The van der Waals surface area contributed by atoms with Crippen molar-refractivity contribution < 1.29 is 19.1 Å². The summed E-state index contributed by atoms with van der Waals surface area (Å²) in [4.78, 5) is 43.7. The van der Waals surface area contributed by atoms with Gasteiger partial charge in [-0.1, -0.05) is 50.8 Å². The van der Waals surface area contributed by atoms with Crippen LogP contribution in [0.2, 0.25) is 0 Å². The zero-order valence-corrected chi connectivity index (χ0v) is 21.3. The molecule has 3 heterocycles. The van der Waals surface area contributed by atoms with Gasteiger partial charge in [0.2, 0.25) is 17.7 Å². The van der Waals surface area contributed by atoms with Crippen LogP contribution in [-0.2, 0) is 19.1 Å². The van der Waals surface area contributed by atoms with E-state index in [0.29, 0.717) is 12.2 Å². The van der Waals surface area contributed by atoms with Crippen molar-refractivity contribution >= 4 is 35.2 Å². The van der Waals surface area contributed by atoms with Gasteiger partial charge in [0.15, 0.2) is 0 Å². The molecule has 4 aliphatic rings. The molecular weight excluding hydrogens is 462 g/mol. The third-order valence-corrected chi connectivity index (χ3v) is 8.69. The number of ether oxygens (including phenoxy) is 1. The third-order valence-electron chi connectivity index (χ3n) is 7.97. The average Bonchev–Trinajstić information content (AvgIpc) is 3.50. The Kier molecular flexibility index (Phi) is 6.95. The van der Waals surface area contributed by atoms with Crippen molar-refractivity contribution in [3.05, 3.63) is 36.4 Å². The predicted molar refractivity (Wildman–Crippen MR) is 136 cm³/mol. The molecule has 1 aromatic carbocycles. The minimum absolute atomic E-state index is 0.139. The Morgan fingerprint density at radius 3 is 2.74 bits per heavy atom. The molecule has 3 amide bonds. The lowest BCUT2D eigenvalue weighted by molar-refractivity contribution is -0.141. The molecular formula is C27H35N3O4S. The minimum Gasteiger partial charge on any atom is -0.359 e. The molecule has 3 aliphatic heterocycles. The molecule has 1 spiro atoms. The lowest BCUT2D eigenvalue weighted by Crippen LogP contribution is -2.56. The van der Waals surface area contributed by atoms with E-state index < -0.39 is 29.6 Å². The molecule has 5 atom stereocenters. The highest BCUT2D eigenvalue weighted by atomic mass is 32.2. The SMILES string of the molecule is CCCCN1C(=O)C2C(C(=O)Nc3cccc(SC)c3)C3C=CC2(O3)C1C(=O)NC1CCCCC1. The van der Waals surface area contributed by atoms with Crippen molar-refractivity contribution in [1.82, 2.24) is 10.2 Å². The molecule has 2 saturated heterocycles. The average molecular weight is 498 g/mol. The van der Waals surface area contributed by atoms with Crippen molar-refractivity contribution in [2.45, 2.75) is 80.6 Å². The van der Waals surface area contributed by atoms with Gasteiger partial charge in [-0.15, -0.1) is 11.8 Å². The van der Waals surface area contributed by atoms with Crippen LogP contribution in [0, 0.1) is 11.8 Å². The van der Waals surface area contributed by atoms with Crippen molar-refractivity contribution in [3.63, 3.8) is 0 Å². The van der Waals surface area contributed by atoms with Gasteiger partial charge in [-0.2, -0.15) is 0 Å². The highest BCUT2D eigenvalue weighted by Gasteiger charge is 2.72. The quantitative estimate of drug-likeness (QED) is 0.422. The maximum absolute atomic E-state index is 13.8. The number of hydrogen-bond acceptors (Lipinski definition) is 5. The van der Waals surface area contributed by atoms with Gasteiger partial charge in [0, 0.05) is 23.2 Å². The van der Waals surface area contributed by atoms with Crippen LogP contribution >= 0.6 is 11.8 Å². The number of carbonyl (C=O) groups is 3. The van der Waals surface area contributed by atoms with Crippen LogP contribution in [0.25, 0.3) is 0 Å². The van der Waals surface area contributed by atoms with Crippen LogP contribution in [0.5, 0.6) is 0 Å². The second kappa shape index (κ2) is 9.97. The molecule has 7 nitrogen and oxygen atoms in total. The predicted octanol–water partition coefficient (Wildman–Crippen LogP) is 3.75. The van der Waals surface area contributed by atoms with Crippen LogP contribution in [0.1, 0.15) is 51.9 Å². The summed E-state index contributed by atoms with van der Waals surface area (Å²) in [7, 11) is 0. The van der Waals surface area contributed by atoms with Crippen LogP contribution in [0.15, 0.2) is 41.3 Å². The molecule has 0 radical (unpaired) electrons. The summed E-state index contributed by atoms with van der Waals surface area (Å²) in [5.74, 6) is -1.89. The van der Waals surface area contributed by atoms with Crippen molar-refractivity contribution in [2.24, 2.45) is 11.8 Å². The number of benzene rings is 1. The van der Waals surface area contributed by atoms with E-state index in [1.165, 1.54) is 6.42 Å². The zero-order chi connectivity index (χ0) is 24.6. The Bertz CT molecular complexity index is 1020. The number of nitrogens with one attached hydrogen (secondary N) is 2. The van der Waals surface area contributed by atoms with Gasteiger partial charge in [0.05, 0.1) is 17.9 Å². The number of amides is 3. The number of rotatable bonds is 8. The molecule has 35 heavy (non-hydrogen) atoms. The Labute approximate surface area is 211 Å². The van der Waals surface area contributed by atoms with Crippen LogP contribution in [0.4, 0.5) is 5.69 Å². The molecule has 5 rings (SSSR count). The number of carbonyl (C=O) groups excluding carboxylic acids is 3. The van der Waals surface area contributed by atoms with Gasteiger partial charge < -0.3 is 20.3 Å². The fraction of sp³-hybridized carbons (Fsp3) is 0.593. The summed E-state index contributed by atoms with van der Waals surface area (Å²) in [6.45, 7) is 2.56. The first kappa shape index (κ1) is 24.4. The van der Waals surface area contributed by atoms with Crippen LogP contribution in [0.3, 0.4) is 0 Å². The lowest BCUT2D eigenvalue weighted by Gasteiger charge is -2.34. The van der Waals surface area contributed by atoms with E-state index in [9.17, 15) is 14.4 Å². The van der Waals surface area contributed by atoms with E-state index in [1.54, 1.807) is 16.7 Å². The molecule has 5 unspecified atom stereocenters. The Morgan fingerprint density at radius 2 is 2.00 bits per heavy atom. The molecule has 1 aromatic rings. The lowest BCUT2D eigenvalue weighted by atomic mass is 9.74. The standard InChI is InChI=1S/C27H35N3O4S/c1-3-4-15-30-23(25(32)28-17-9-6-5-7-10-17)27-14-13-20(34-27)21(22(27)26(30)33)24(31)29-18-11-8-12-19(16-18)35-2/h8,11-14,16-17,20-23H,3-7,9-10,15H2,1-2H3,(H,28,32)(H,29,31). The third kappa shape index (κ3) is 4.29. The minimum atomic E-state index is -1.09. The van der Waals surface area contributed by atoms with E-state index >= 15 is 0 Å². The van der Waals surface area contributed by atoms with E-state index in [1.807, 2.05) is 42.7 Å². The molecule has 2 bridgehead atoms. The summed E-state index contributed by atoms with van der Waals surface area (Å²) in [6.07, 6.45) is 12.3. The number of unbranched alkanes of at least 4 members (excludes halogenated alkanes) is 1. The normalized spacial score (nSPS) is 31.6. The van der Waals surface area contributed by atoms with E-state index in [-0.39, 0.29) is 23.8 Å². The summed E-state index contributed by atoms with van der Waals surface area (Å²) in [5.41, 5.74) is -0.389. The van der Waals surface area contributed by atoms with Gasteiger partial charge >= 0.3 is 0 Å². The summed E-state index contributed by atoms with van der Waals surface area (Å²) >= 11 is 1.60. The summed E-state index contributed by atoms with van der Waals surface area (Å²) in [6, 6.07) is 7.06. The first-order valence-corrected chi connectivity index (χ1v) is 14.1. The molecule has 1 saturated carbocycles. The number of nitrogens with zero attached hydrogens (tertiary/aromatic N) is 1. The van der Waals surface area contributed by atoms with Gasteiger partial charge in [0.1, 0.15) is 11.6 Å². The molecule has 2 N–H and O–H groups in total. The Balaban J connectivity index is 1.41. The van der Waals surface area contributed by atoms with Crippen LogP contribution < -0.4 is 10.6 Å². The van der Waals surface area contributed by atoms with Gasteiger partial charge in [-0.3, -0.25) is 14.4 Å². The fourth-order valence-electron chi connectivity index (χ4n) is 6.29. The second-order valence-electron chi connectivity index (χ2n) is 10.2. The van der Waals surface area contributed by atoms with Crippen LogP contribution in [-0.4, -0.2) is 59.2 Å². The molecule has 1 aliphatic carbocycles. The number of hydrogen-bond donors (Lipinski definition) is 2. The van der Waals surface area contributed by atoms with E-state index in [4.69, 9.17) is 4.74 Å². The van der Waals surface area contributed by atoms with E-state index in [0.717, 1.165) is 43.4 Å². The monoisotopic (exact) mass is 497 g/mol. The topological polar surface area (TPSA) is 87.7 Å². The molecule has 188 valence electrons. The smallest absolute Gasteiger partial charge is 0.246 e. The largest absolute Gasteiger partial charge is 0.359 e. The van der Waals surface area contributed by atoms with Crippen molar-refractivity contribution in [3.8, 4) is 0 Å². The van der Waals surface area contributed by atoms with Gasteiger partial charge in [-0.05, 0) is 43.7 Å². The number of likely N-dealkylation sites (tertiary alicyclic amines) is 1. The Hall–Kier alpha value is -2.32. The number of fused-ring (bicyclic) bond motifs is 1.